The molecular weight excluding hydrogens is 348 g/mol. The van der Waals surface area contributed by atoms with Gasteiger partial charge in [-0.25, -0.2) is 0 Å². The average Bonchev–Trinajstić information content (AvgIpc) is 2.44. The molecule has 2 N–H and O–H groups in total. The van der Waals surface area contributed by atoms with E-state index in [0.717, 1.165) is 41.7 Å². The number of para-hydroxylation sites is 1. The molecule has 0 saturated heterocycles. The number of rotatable bonds is 8. The monoisotopic (exact) mass is 370 g/mol. The van der Waals surface area contributed by atoms with Crippen LogP contribution in [0.25, 0.3) is 0 Å². The largest absolute Gasteiger partial charge is 0.495 e. The second-order valence-electron chi connectivity index (χ2n) is 5.59. The lowest BCUT2D eigenvalue weighted by Crippen LogP contribution is -2.53. The molecule has 0 aromatic heterocycles. The molecule has 0 atom stereocenters. The Morgan fingerprint density at radius 3 is 2.82 bits per heavy atom. The van der Waals surface area contributed by atoms with E-state index in [0.29, 0.717) is 12.1 Å². The molecule has 0 amide bonds. The number of likely N-dealkylation sites (N-methyl/N-ethyl adjacent to an activating group) is 1. The summed E-state index contributed by atoms with van der Waals surface area (Å²) >= 11 is 3.49. The summed E-state index contributed by atoms with van der Waals surface area (Å²) in [6, 6.07) is 6.83. The smallest absolute Gasteiger partial charge is 0.317 e. The number of carboxylic acid groups (broad SMARTS) is 1. The first kappa shape index (κ1) is 17.2. The van der Waals surface area contributed by atoms with E-state index in [4.69, 9.17) is 9.84 Å². The fraction of sp³-hybridized carbons (Fsp3) is 0.562. The molecule has 1 aliphatic rings. The highest BCUT2D eigenvalue weighted by molar-refractivity contribution is 9.10. The van der Waals surface area contributed by atoms with Gasteiger partial charge in [-0.1, -0.05) is 19.1 Å². The molecule has 1 saturated carbocycles. The molecule has 1 fully saturated rings. The predicted molar refractivity (Wildman–Crippen MR) is 89.2 cm³/mol. The molecule has 0 heterocycles. The number of aliphatic carboxylic acids is 1. The van der Waals surface area contributed by atoms with Crippen LogP contribution in [0.3, 0.4) is 0 Å². The van der Waals surface area contributed by atoms with Crippen LogP contribution in [0.1, 0.15) is 25.3 Å². The molecule has 0 aliphatic heterocycles. The Labute approximate surface area is 139 Å². The summed E-state index contributed by atoms with van der Waals surface area (Å²) in [6.07, 6.45) is 1.99. The quantitative estimate of drug-likeness (QED) is 0.735. The molecule has 5 nitrogen and oxygen atoms in total. The van der Waals surface area contributed by atoms with Gasteiger partial charge < -0.3 is 15.2 Å². The summed E-state index contributed by atoms with van der Waals surface area (Å²) in [4.78, 5) is 12.9. The van der Waals surface area contributed by atoms with E-state index in [9.17, 15) is 4.79 Å². The highest BCUT2D eigenvalue weighted by Crippen LogP contribution is 2.30. The average molecular weight is 371 g/mol. The lowest BCUT2D eigenvalue weighted by Gasteiger charge is -2.42. The van der Waals surface area contributed by atoms with Crippen molar-refractivity contribution in [2.45, 2.75) is 38.4 Å². The normalized spacial score (nSPS) is 20.7. The lowest BCUT2D eigenvalue weighted by atomic mass is 9.85. The molecule has 0 spiro atoms. The predicted octanol–water partition coefficient (Wildman–Crippen LogP) is 2.48. The highest BCUT2D eigenvalue weighted by atomic mass is 79.9. The van der Waals surface area contributed by atoms with Crippen LogP contribution in [-0.2, 0) is 11.3 Å². The number of methoxy groups -OCH3 is 1. The van der Waals surface area contributed by atoms with Crippen molar-refractivity contribution in [1.82, 2.24) is 10.2 Å². The molecule has 2 rings (SSSR count). The molecule has 1 aliphatic carbocycles. The Hall–Kier alpha value is -1.11. The van der Waals surface area contributed by atoms with Gasteiger partial charge in [0.2, 0.25) is 0 Å². The minimum Gasteiger partial charge on any atom is -0.495 e. The van der Waals surface area contributed by atoms with Crippen LogP contribution < -0.4 is 10.1 Å². The van der Waals surface area contributed by atoms with Crippen LogP contribution in [0.4, 0.5) is 0 Å². The number of hydrogen-bond donors (Lipinski definition) is 2. The number of ether oxygens (including phenoxy) is 1. The molecule has 0 unspecified atom stereocenters. The number of nitrogens with zero attached hydrogens (tertiary/aromatic N) is 1. The van der Waals surface area contributed by atoms with Gasteiger partial charge in [0, 0.05) is 24.2 Å². The van der Waals surface area contributed by atoms with Crippen molar-refractivity contribution in [2.75, 3.05) is 20.2 Å². The third-order valence-corrected chi connectivity index (χ3v) is 4.83. The number of carboxylic acids is 1. The Morgan fingerprint density at radius 2 is 2.23 bits per heavy atom. The summed E-state index contributed by atoms with van der Waals surface area (Å²) in [6.45, 7) is 3.68. The first-order chi connectivity index (χ1) is 10.5. The molecule has 122 valence electrons. The summed E-state index contributed by atoms with van der Waals surface area (Å²) in [5.74, 6) is 0.115. The van der Waals surface area contributed by atoms with Crippen LogP contribution in [0.5, 0.6) is 5.75 Å². The highest BCUT2D eigenvalue weighted by Gasteiger charge is 2.33. The van der Waals surface area contributed by atoms with Gasteiger partial charge in [0.25, 0.3) is 0 Å². The first-order valence-electron chi connectivity index (χ1n) is 7.55. The Balaban J connectivity index is 1.81. The van der Waals surface area contributed by atoms with Gasteiger partial charge in [-0.2, -0.15) is 0 Å². The summed E-state index contributed by atoms with van der Waals surface area (Å²) < 4.78 is 6.38. The maximum absolute atomic E-state index is 10.8. The zero-order valence-corrected chi connectivity index (χ0v) is 14.6. The second kappa shape index (κ2) is 7.94. The van der Waals surface area contributed by atoms with Crippen LogP contribution in [-0.4, -0.2) is 48.3 Å². The molecule has 1 aromatic rings. The molecular formula is C16H23BrN2O3. The first-order valence-corrected chi connectivity index (χ1v) is 8.35. The van der Waals surface area contributed by atoms with E-state index >= 15 is 0 Å². The SMILES string of the molecule is CCN(CC(=O)O)C1CC(NCc2cccc(Br)c2OC)C1. The van der Waals surface area contributed by atoms with Crippen molar-refractivity contribution >= 4 is 21.9 Å². The van der Waals surface area contributed by atoms with Crippen molar-refractivity contribution in [3.8, 4) is 5.75 Å². The number of benzene rings is 1. The zero-order chi connectivity index (χ0) is 16.1. The fourth-order valence-electron chi connectivity index (χ4n) is 2.90. The van der Waals surface area contributed by atoms with Gasteiger partial charge in [-0.05, 0) is 41.4 Å². The second-order valence-corrected chi connectivity index (χ2v) is 6.45. The molecule has 0 bridgehead atoms. The molecule has 0 radical (unpaired) electrons. The lowest BCUT2D eigenvalue weighted by molar-refractivity contribution is -0.139. The van der Waals surface area contributed by atoms with Gasteiger partial charge in [-0.15, -0.1) is 0 Å². The van der Waals surface area contributed by atoms with Crippen LogP contribution in [0.15, 0.2) is 22.7 Å². The van der Waals surface area contributed by atoms with Gasteiger partial charge in [0.15, 0.2) is 0 Å². The van der Waals surface area contributed by atoms with Crippen LogP contribution in [0.2, 0.25) is 0 Å². The number of nitrogens with one attached hydrogen (secondary N) is 1. The van der Waals surface area contributed by atoms with E-state index in [1.54, 1.807) is 7.11 Å². The van der Waals surface area contributed by atoms with E-state index in [2.05, 4.69) is 27.3 Å². The summed E-state index contributed by atoms with van der Waals surface area (Å²) in [5, 5.41) is 12.4. The zero-order valence-electron chi connectivity index (χ0n) is 13.0. The van der Waals surface area contributed by atoms with Gasteiger partial charge in [-0.3, -0.25) is 9.69 Å². The van der Waals surface area contributed by atoms with Crippen molar-refractivity contribution < 1.29 is 14.6 Å². The Morgan fingerprint density at radius 1 is 1.50 bits per heavy atom. The van der Waals surface area contributed by atoms with Crippen molar-refractivity contribution in [3.63, 3.8) is 0 Å². The van der Waals surface area contributed by atoms with Crippen molar-refractivity contribution in [3.05, 3.63) is 28.2 Å². The number of halogens is 1. The molecule has 1 aromatic carbocycles. The number of carbonyl (C=O) groups is 1. The fourth-order valence-corrected chi connectivity index (χ4v) is 3.47. The van der Waals surface area contributed by atoms with Crippen molar-refractivity contribution in [2.24, 2.45) is 0 Å². The van der Waals surface area contributed by atoms with E-state index in [1.165, 1.54) is 0 Å². The Bertz CT molecular complexity index is 518. The maximum atomic E-state index is 10.8. The molecule has 6 heteroatoms. The summed E-state index contributed by atoms with van der Waals surface area (Å²) in [7, 11) is 1.67. The topological polar surface area (TPSA) is 61.8 Å². The van der Waals surface area contributed by atoms with Gasteiger partial charge in [0.1, 0.15) is 5.75 Å². The third-order valence-electron chi connectivity index (χ3n) is 4.21. The number of hydrogen-bond acceptors (Lipinski definition) is 4. The van der Waals surface area contributed by atoms with Crippen LogP contribution in [0, 0.1) is 0 Å². The maximum Gasteiger partial charge on any atom is 0.317 e. The Kier molecular flexibility index (Phi) is 6.23. The van der Waals surface area contributed by atoms with Gasteiger partial charge in [0.05, 0.1) is 18.1 Å². The van der Waals surface area contributed by atoms with E-state index < -0.39 is 5.97 Å². The minimum atomic E-state index is -0.753. The standard InChI is InChI=1S/C16H23BrN2O3/c1-3-19(10-15(20)21)13-7-12(8-13)18-9-11-5-4-6-14(17)16(11)22-2/h4-6,12-13,18H,3,7-10H2,1-2H3,(H,20,21). The third kappa shape index (κ3) is 4.21. The van der Waals surface area contributed by atoms with E-state index in [-0.39, 0.29) is 6.54 Å². The minimum absolute atomic E-state index is 0.132. The van der Waals surface area contributed by atoms with Gasteiger partial charge >= 0.3 is 5.97 Å². The van der Waals surface area contributed by atoms with E-state index in [1.807, 2.05) is 24.0 Å². The van der Waals surface area contributed by atoms with Crippen LogP contribution >= 0.6 is 15.9 Å². The summed E-state index contributed by atoms with van der Waals surface area (Å²) in [5.41, 5.74) is 1.12. The molecule has 22 heavy (non-hydrogen) atoms. The van der Waals surface area contributed by atoms with Crippen molar-refractivity contribution in [1.29, 1.82) is 0 Å².